The lowest BCUT2D eigenvalue weighted by Crippen LogP contribution is -2.51. The minimum absolute atomic E-state index is 0.0319. The van der Waals surface area contributed by atoms with Crippen LogP contribution in [0, 0.1) is 11.3 Å². The highest BCUT2D eigenvalue weighted by Crippen LogP contribution is 2.39. The summed E-state index contributed by atoms with van der Waals surface area (Å²) in [4.78, 5) is 14.4. The zero-order valence-electron chi connectivity index (χ0n) is 11.1. The lowest BCUT2D eigenvalue weighted by molar-refractivity contribution is -0.138. The Kier molecular flexibility index (Phi) is 3.78. The van der Waals surface area contributed by atoms with Crippen LogP contribution in [-0.2, 0) is 4.79 Å². The van der Waals surface area contributed by atoms with Gasteiger partial charge in [0, 0.05) is 13.6 Å². The Morgan fingerprint density at radius 2 is 2.00 bits per heavy atom. The molecule has 0 aromatic rings. The lowest BCUT2D eigenvalue weighted by Gasteiger charge is -2.37. The van der Waals surface area contributed by atoms with Crippen molar-refractivity contribution in [1.29, 1.82) is 0 Å². The second kappa shape index (κ2) is 5.16. The van der Waals surface area contributed by atoms with Crippen LogP contribution in [-0.4, -0.2) is 35.4 Å². The van der Waals surface area contributed by atoms with Crippen LogP contribution in [0.5, 0.6) is 0 Å². The molecule has 2 aliphatic carbocycles. The highest BCUT2D eigenvalue weighted by molar-refractivity contribution is 6.06. The SMILES string of the molecule is CN(CC1CC1)C(=O)C1(C(N)=NO)CCCCC1. The van der Waals surface area contributed by atoms with Crippen LogP contribution < -0.4 is 5.73 Å². The molecule has 18 heavy (non-hydrogen) atoms. The van der Waals surface area contributed by atoms with Gasteiger partial charge < -0.3 is 15.8 Å². The Labute approximate surface area is 108 Å². The summed E-state index contributed by atoms with van der Waals surface area (Å²) in [5.41, 5.74) is 5.07. The van der Waals surface area contributed by atoms with Crippen molar-refractivity contribution in [3.8, 4) is 0 Å². The average molecular weight is 253 g/mol. The zero-order valence-corrected chi connectivity index (χ0v) is 11.1. The monoisotopic (exact) mass is 253 g/mol. The fraction of sp³-hybridized carbons (Fsp3) is 0.846. The van der Waals surface area contributed by atoms with E-state index in [2.05, 4.69) is 5.16 Å². The number of amides is 1. The van der Waals surface area contributed by atoms with E-state index in [1.54, 1.807) is 4.90 Å². The molecule has 5 heteroatoms. The third-order valence-corrected chi connectivity index (χ3v) is 4.29. The molecule has 0 bridgehead atoms. The van der Waals surface area contributed by atoms with Crippen molar-refractivity contribution in [2.24, 2.45) is 22.2 Å². The summed E-state index contributed by atoms with van der Waals surface area (Å²) in [6.45, 7) is 0.805. The first-order valence-electron chi connectivity index (χ1n) is 6.84. The summed E-state index contributed by atoms with van der Waals surface area (Å²) in [6, 6.07) is 0. The molecule has 0 aromatic carbocycles. The van der Waals surface area contributed by atoms with Crippen molar-refractivity contribution >= 4 is 11.7 Å². The Bertz CT molecular complexity index is 344. The first-order chi connectivity index (χ1) is 8.60. The van der Waals surface area contributed by atoms with Crippen molar-refractivity contribution in [1.82, 2.24) is 4.90 Å². The van der Waals surface area contributed by atoms with E-state index in [9.17, 15) is 4.79 Å². The Hall–Kier alpha value is -1.26. The van der Waals surface area contributed by atoms with Gasteiger partial charge in [-0.15, -0.1) is 0 Å². The van der Waals surface area contributed by atoms with Crippen LogP contribution >= 0.6 is 0 Å². The van der Waals surface area contributed by atoms with Crippen LogP contribution in [0.3, 0.4) is 0 Å². The van der Waals surface area contributed by atoms with Gasteiger partial charge in [-0.05, 0) is 31.6 Å². The van der Waals surface area contributed by atoms with Crippen LogP contribution in [0.15, 0.2) is 5.16 Å². The van der Waals surface area contributed by atoms with Gasteiger partial charge in [-0.25, -0.2) is 0 Å². The molecule has 0 unspecified atom stereocenters. The molecule has 0 saturated heterocycles. The summed E-state index contributed by atoms with van der Waals surface area (Å²) in [5, 5.41) is 12.1. The van der Waals surface area contributed by atoms with Crippen molar-refractivity contribution < 1.29 is 10.0 Å². The number of nitrogens with zero attached hydrogens (tertiary/aromatic N) is 2. The Morgan fingerprint density at radius 3 is 2.50 bits per heavy atom. The van der Waals surface area contributed by atoms with Crippen LogP contribution in [0.1, 0.15) is 44.9 Å². The molecule has 0 aromatic heterocycles. The summed E-state index contributed by atoms with van der Waals surface area (Å²) in [5.74, 6) is 0.783. The normalized spacial score (nSPS) is 23.7. The lowest BCUT2D eigenvalue weighted by atomic mass is 9.72. The van der Waals surface area contributed by atoms with Gasteiger partial charge in [0.1, 0.15) is 5.41 Å². The number of nitrogens with two attached hydrogens (primary N) is 1. The van der Waals surface area contributed by atoms with Crippen LogP contribution in [0.25, 0.3) is 0 Å². The predicted octanol–water partition coefficient (Wildman–Crippen LogP) is 1.55. The van der Waals surface area contributed by atoms with Crippen molar-refractivity contribution in [3.05, 3.63) is 0 Å². The molecule has 2 rings (SSSR count). The molecule has 2 aliphatic rings. The van der Waals surface area contributed by atoms with Gasteiger partial charge in [-0.2, -0.15) is 0 Å². The molecular weight excluding hydrogens is 230 g/mol. The first-order valence-corrected chi connectivity index (χ1v) is 6.84. The zero-order chi connectivity index (χ0) is 13.2. The molecule has 0 spiro atoms. The summed E-state index contributed by atoms with van der Waals surface area (Å²) >= 11 is 0. The quantitative estimate of drug-likeness (QED) is 0.345. The van der Waals surface area contributed by atoms with Gasteiger partial charge in [0.2, 0.25) is 5.91 Å². The fourth-order valence-electron chi connectivity index (χ4n) is 2.97. The molecule has 0 heterocycles. The third kappa shape index (κ3) is 2.44. The van der Waals surface area contributed by atoms with E-state index in [0.717, 1.165) is 25.8 Å². The maximum atomic E-state index is 12.6. The van der Waals surface area contributed by atoms with Gasteiger partial charge in [0.15, 0.2) is 5.84 Å². The van der Waals surface area contributed by atoms with E-state index < -0.39 is 5.41 Å². The summed E-state index contributed by atoms with van der Waals surface area (Å²) in [6.07, 6.45) is 6.91. The number of rotatable bonds is 4. The number of hydrogen-bond donors (Lipinski definition) is 2. The van der Waals surface area contributed by atoms with Gasteiger partial charge in [0.25, 0.3) is 0 Å². The molecule has 5 nitrogen and oxygen atoms in total. The van der Waals surface area contributed by atoms with Crippen molar-refractivity contribution in [3.63, 3.8) is 0 Å². The number of hydrogen-bond acceptors (Lipinski definition) is 3. The average Bonchev–Trinajstić information content (AvgIpc) is 3.21. The van der Waals surface area contributed by atoms with E-state index >= 15 is 0 Å². The van der Waals surface area contributed by atoms with E-state index in [-0.39, 0.29) is 11.7 Å². The fourth-order valence-corrected chi connectivity index (χ4v) is 2.97. The molecule has 2 fully saturated rings. The van der Waals surface area contributed by atoms with Gasteiger partial charge in [-0.1, -0.05) is 24.4 Å². The second-order valence-electron chi connectivity index (χ2n) is 5.76. The Morgan fingerprint density at radius 1 is 1.39 bits per heavy atom. The molecule has 102 valence electrons. The highest BCUT2D eigenvalue weighted by Gasteiger charge is 2.45. The maximum absolute atomic E-state index is 12.6. The molecule has 3 N–H and O–H groups in total. The van der Waals surface area contributed by atoms with Gasteiger partial charge in [-0.3, -0.25) is 4.79 Å². The van der Waals surface area contributed by atoms with E-state index in [4.69, 9.17) is 10.9 Å². The molecular formula is C13H23N3O2. The van der Waals surface area contributed by atoms with Gasteiger partial charge >= 0.3 is 0 Å². The molecule has 0 aliphatic heterocycles. The summed E-state index contributed by atoms with van der Waals surface area (Å²) < 4.78 is 0. The second-order valence-corrected chi connectivity index (χ2v) is 5.76. The summed E-state index contributed by atoms with van der Waals surface area (Å²) in [7, 11) is 1.83. The largest absolute Gasteiger partial charge is 0.409 e. The third-order valence-electron chi connectivity index (χ3n) is 4.29. The number of amidine groups is 1. The van der Waals surface area contributed by atoms with Crippen LogP contribution in [0.2, 0.25) is 0 Å². The van der Waals surface area contributed by atoms with E-state index in [1.807, 2.05) is 7.05 Å². The number of carbonyl (C=O) groups is 1. The number of carbonyl (C=O) groups excluding carboxylic acids is 1. The molecule has 0 atom stereocenters. The van der Waals surface area contributed by atoms with Gasteiger partial charge in [0.05, 0.1) is 0 Å². The minimum atomic E-state index is -0.753. The topological polar surface area (TPSA) is 78.9 Å². The first kappa shape index (κ1) is 13.2. The molecule has 1 amide bonds. The predicted molar refractivity (Wildman–Crippen MR) is 69.3 cm³/mol. The van der Waals surface area contributed by atoms with Crippen LogP contribution in [0.4, 0.5) is 0 Å². The molecule has 0 radical (unpaired) electrons. The smallest absolute Gasteiger partial charge is 0.236 e. The Balaban J connectivity index is 2.13. The maximum Gasteiger partial charge on any atom is 0.236 e. The van der Waals surface area contributed by atoms with Crippen molar-refractivity contribution in [2.75, 3.05) is 13.6 Å². The van der Waals surface area contributed by atoms with E-state index in [1.165, 1.54) is 12.8 Å². The molecule has 2 saturated carbocycles. The minimum Gasteiger partial charge on any atom is -0.409 e. The number of oxime groups is 1. The van der Waals surface area contributed by atoms with Crippen molar-refractivity contribution in [2.45, 2.75) is 44.9 Å². The standard InChI is InChI=1S/C13H23N3O2/c1-16(9-10-5-6-10)12(17)13(11(14)15-18)7-3-2-4-8-13/h10,18H,2-9H2,1H3,(H2,14,15). The van der Waals surface area contributed by atoms with E-state index in [0.29, 0.717) is 18.8 Å². The highest BCUT2D eigenvalue weighted by atomic mass is 16.4.